The highest BCUT2D eigenvalue weighted by Crippen LogP contribution is 2.15. The summed E-state index contributed by atoms with van der Waals surface area (Å²) in [7, 11) is 1.64. The van der Waals surface area contributed by atoms with Gasteiger partial charge in [-0.25, -0.2) is 0 Å². The van der Waals surface area contributed by atoms with E-state index in [1.807, 2.05) is 31.2 Å². The predicted octanol–water partition coefficient (Wildman–Crippen LogP) is 3.36. The molecule has 0 saturated heterocycles. The number of hydrogen-bond acceptors (Lipinski definition) is 4. The molecule has 0 heterocycles. The van der Waals surface area contributed by atoms with Crippen LogP contribution in [-0.4, -0.2) is 25.8 Å². The van der Waals surface area contributed by atoms with Crippen molar-refractivity contribution in [3.8, 4) is 5.75 Å². The zero-order chi connectivity index (χ0) is 15.7. The van der Waals surface area contributed by atoms with Crippen LogP contribution in [0.15, 0.2) is 36.9 Å². The maximum atomic E-state index is 10.8. The first-order valence-corrected chi connectivity index (χ1v) is 7.05. The molecule has 0 aliphatic carbocycles. The van der Waals surface area contributed by atoms with E-state index < -0.39 is 0 Å². The molecule has 1 aromatic carbocycles. The second kappa shape index (κ2) is 9.19. The lowest BCUT2D eigenvalue weighted by molar-refractivity contribution is -0.142. The third kappa shape index (κ3) is 6.95. The summed E-state index contributed by atoms with van der Waals surface area (Å²) in [5.41, 5.74) is 1.08. The number of ether oxygens (including phenoxy) is 3. The van der Waals surface area contributed by atoms with Gasteiger partial charge in [0.2, 0.25) is 0 Å². The fraction of sp³-hybridized carbons (Fsp3) is 0.471. The quantitative estimate of drug-likeness (QED) is 0.517. The van der Waals surface area contributed by atoms with Crippen LogP contribution < -0.4 is 4.74 Å². The van der Waals surface area contributed by atoms with Crippen molar-refractivity contribution in [1.82, 2.24) is 0 Å². The Morgan fingerprint density at radius 3 is 2.52 bits per heavy atom. The number of methoxy groups -OCH3 is 1. The SMILES string of the molecule is C=CC(CC(C)COC(C)=O)OCc1ccc(OC)cc1. The lowest BCUT2D eigenvalue weighted by atomic mass is 10.0. The second-order valence-corrected chi connectivity index (χ2v) is 5.08. The fourth-order valence-corrected chi connectivity index (χ4v) is 1.88. The molecule has 0 aromatic heterocycles. The number of carbonyl (C=O) groups excluding carboxylic acids is 1. The molecule has 2 atom stereocenters. The monoisotopic (exact) mass is 292 g/mol. The topological polar surface area (TPSA) is 44.8 Å². The van der Waals surface area contributed by atoms with Crippen LogP contribution in [0.2, 0.25) is 0 Å². The summed E-state index contributed by atoms with van der Waals surface area (Å²) in [6, 6.07) is 7.76. The maximum absolute atomic E-state index is 10.8. The Kier molecular flexibility index (Phi) is 7.54. The third-order valence-corrected chi connectivity index (χ3v) is 3.09. The zero-order valence-corrected chi connectivity index (χ0v) is 13.0. The molecule has 116 valence electrons. The van der Waals surface area contributed by atoms with Crippen molar-refractivity contribution in [2.75, 3.05) is 13.7 Å². The van der Waals surface area contributed by atoms with Crippen LogP contribution >= 0.6 is 0 Å². The van der Waals surface area contributed by atoms with E-state index in [1.165, 1.54) is 6.92 Å². The first kappa shape index (κ1) is 17.2. The molecule has 0 saturated carbocycles. The Hall–Kier alpha value is -1.81. The van der Waals surface area contributed by atoms with E-state index in [4.69, 9.17) is 14.2 Å². The van der Waals surface area contributed by atoms with Crippen LogP contribution in [-0.2, 0) is 20.9 Å². The van der Waals surface area contributed by atoms with E-state index in [0.717, 1.165) is 17.7 Å². The lowest BCUT2D eigenvalue weighted by Crippen LogP contribution is -2.18. The molecule has 1 aromatic rings. The van der Waals surface area contributed by atoms with E-state index >= 15 is 0 Å². The maximum Gasteiger partial charge on any atom is 0.302 e. The highest BCUT2D eigenvalue weighted by atomic mass is 16.5. The van der Waals surface area contributed by atoms with Crippen molar-refractivity contribution in [2.24, 2.45) is 5.92 Å². The molecular formula is C17H24O4. The van der Waals surface area contributed by atoms with Crippen LogP contribution in [0.25, 0.3) is 0 Å². The molecule has 4 nitrogen and oxygen atoms in total. The fourth-order valence-electron chi connectivity index (χ4n) is 1.88. The molecule has 0 spiro atoms. The van der Waals surface area contributed by atoms with Gasteiger partial charge in [-0.05, 0) is 30.0 Å². The smallest absolute Gasteiger partial charge is 0.302 e. The lowest BCUT2D eigenvalue weighted by Gasteiger charge is -2.18. The standard InChI is InChI=1S/C17H24O4/c1-5-16(10-13(2)11-20-14(3)18)21-12-15-6-8-17(19-4)9-7-15/h5-9,13,16H,1,10-12H2,2-4H3. The van der Waals surface area contributed by atoms with Gasteiger partial charge in [0.05, 0.1) is 26.4 Å². The summed E-state index contributed by atoms with van der Waals surface area (Å²) in [5.74, 6) is 0.804. The molecule has 1 rings (SSSR count). The Morgan fingerprint density at radius 2 is 2.00 bits per heavy atom. The van der Waals surface area contributed by atoms with Gasteiger partial charge in [-0.15, -0.1) is 6.58 Å². The number of rotatable bonds is 9. The average Bonchev–Trinajstić information content (AvgIpc) is 2.49. The summed E-state index contributed by atoms with van der Waals surface area (Å²) in [6.07, 6.45) is 2.50. The summed E-state index contributed by atoms with van der Waals surface area (Å²) in [4.78, 5) is 10.8. The minimum Gasteiger partial charge on any atom is -0.497 e. The van der Waals surface area contributed by atoms with Gasteiger partial charge in [-0.2, -0.15) is 0 Å². The van der Waals surface area contributed by atoms with Crippen molar-refractivity contribution in [1.29, 1.82) is 0 Å². The van der Waals surface area contributed by atoms with Gasteiger partial charge in [0.1, 0.15) is 5.75 Å². The summed E-state index contributed by atoms with van der Waals surface area (Å²) in [5, 5.41) is 0. The van der Waals surface area contributed by atoms with E-state index in [1.54, 1.807) is 13.2 Å². The van der Waals surface area contributed by atoms with Crippen LogP contribution in [0.5, 0.6) is 5.75 Å². The summed E-state index contributed by atoms with van der Waals surface area (Å²) >= 11 is 0. The highest BCUT2D eigenvalue weighted by Gasteiger charge is 2.12. The minimum absolute atomic E-state index is 0.0577. The second-order valence-electron chi connectivity index (χ2n) is 5.08. The highest BCUT2D eigenvalue weighted by molar-refractivity contribution is 5.65. The molecule has 0 bridgehead atoms. The summed E-state index contributed by atoms with van der Waals surface area (Å²) in [6.45, 7) is 8.16. The molecule has 0 amide bonds. The van der Waals surface area contributed by atoms with Gasteiger partial charge in [0.25, 0.3) is 0 Å². The van der Waals surface area contributed by atoms with Gasteiger partial charge in [0.15, 0.2) is 0 Å². The van der Waals surface area contributed by atoms with Gasteiger partial charge in [-0.3, -0.25) is 4.79 Å². The van der Waals surface area contributed by atoms with Crippen molar-refractivity contribution >= 4 is 5.97 Å². The van der Waals surface area contributed by atoms with Gasteiger partial charge >= 0.3 is 5.97 Å². The first-order chi connectivity index (χ1) is 10.0. The van der Waals surface area contributed by atoms with Crippen LogP contribution in [0.1, 0.15) is 25.8 Å². The average molecular weight is 292 g/mol. The van der Waals surface area contributed by atoms with Crippen LogP contribution in [0.3, 0.4) is 0 Å². The minimum atomic E-state index is -0.254. The number of hydrogen-bond donors (Lipinski definition) is 0. The Labute approximate surface area is 126 Å². The van der Waals surface area contributed by atoms with Gasteiger partial charge < -0.3 is 14.2 Å². The molecule has 2 unspecified atom stereocenters. The Balaban J connectivity index is 2.39. The van der Waals surface area contributed by atoms with Crippen molar-refractivity contribution in [3.63, 3.8) is 0 Å². The molecule has 21 heavy (non-hydrogen) atoms. The van der Waals surface area contributed by atoms with Crippen molar-refractivity contribution in [2.45, 2.75) is 33.0 Å². The van der Waals surface area contributed by atoms with E-state index in [0.29, 0.717) is 13.2 Å². The summed E-state index contributed by atoms with van der Waals surface area (Å²) < 4.78 is 15.9. The van der Waals surface area contributed by atoms with E-state index in [-0.39, 0.29) is 18.0 Å². The van der Waals surface area contributed by atoms with E-state index in [2.05, 4.69) is 6.58 Å². The molecule has 0 aliphatic rings. The van der Waals surface area contributed by atoms with Gasteiger partial charge in [-0.1, -0.05) is 25.1 Å². The molecule has 0 N–H and O–H groups in total. The number of benzene rings is 1. The first-order valence-electron chi connectivity index (χ1n) is 7.05. The number of esters is 1. The van der Waals surface area contributed by atoms with Crippen molar-refractivity contribution in [3.05, 3.63) is 42.5 Å². The Bertz CT molecular complexity index is 439. The molecule has 4 heteroatoms. The Morgan fingerprint density at radius 1 is 1.33 bits per heavy atom. The van der Waals surface area contributed by atoms with Gasteiger partial charge in [0, 0.05) is 6.92 Å². The van der Waals surface area contributed by atoms with E-state index in [9.17, 15) is 4.79 Å². The zero-order valence-electron chi connectivity index (χ0n) is 13.0. The van der Waals surface area contributed by atoms with Crippen LogP contribution in [0, 0.1) is 5.92 Å². The molecule has 0 radical (unpaired) electrons. The largest absolute Gasteiger partial charge is 0.497 e. The third-order valence-electron chi connectivity index (χ3n) is 3.09. The number of carbonyl (C=O) groups is 1. The van der Waals surface area contributed by atoms with Crippen molar-refractivity contribution < 1.29 is 19.0 Å². The normalized spacial score (nSPS) is 13.3. The molecule has 0 aliphatic heterocycles. The predicted molar refractivity (Wildman–Crippen MR) is 82.2 cm³/mol. The molecule has 0 fully saturated rings. The molecular weight excluding hydrogens is 268 g/mol. The van der Waals surface area contributed by atoms with Crippen LogP contribution in [0.4, 0.5) is 0 Å².